The molecule has 5 nitrogen and oxygen atoms in total. The topological polar surface area (TPSA) is 64.2 Å². The number of hydrogen-bond acceptors (Lipinski definition) is 3. The van der Waals surface area contributed by atoms with Crippen LogP contribution in [0.25, 0.3) is 11.1 Å². The predicted molar refractivity (Wildman–Crippen MR) is 105 cm³/mol. The van der Waals surface area contributed by atoms with Crippen LogP contribution in [0, 0.1) is 13.8 Å². The minimum absolute atomic E-state index is 0.296. The Morgan fingerprint density at radius 3 is 2.42 bits per heavy atom. The summed E-state index contributed by atoms with van der Waals surface area (Å²) in [4.78, 5) is 13.6. The van der Waals surface area contributed by atoms with Crippen molar-refractivity contribution in [3.8, 4) is 11.1 Å². The Labute approximate surface area is 156 Å². The Kier molecular flexibility index (Phi) is 5.77. The Morgan fingerprint density at radius 2 is 1.81 bits per heavy atom. The van der Waals surface area contributed by atoms with Crippen molar-refractivity contribution in [2.45, 2.75) is 59.0 Å². The van der Waals surface area contributed by atoms with Crippen molar-refractivity contribution >= 4 is 5.91 Å². The van der Waals surface area contributed by atoms with E-state index in [1.54, 1.807) is 0 Å². The van der Waals surface area contributed by atoms with Crippen LogP contribution < -0.4 is 5.73 Å². The minimum atomic E-state index is -0.296. The number of amides is 1. The number of hydrogen-bond donors (Lipinski definition) is 1. The summed E-state index contributed by atoms with van der Waals surface area (Å²) in [5, 5.41) is 4.59. The van der Waals surface area contributed by atoms with Crippen molar-refractivity contribution in [2.75, 3.05) is 13.1 Å². The second kappa shape index (κ2) is 8.04. The molecule has 2 heterocycles. The zero-order chi connectivity index (χ0) is 18.7. The number of nitrogens with zero attached hydrogens (tertiary/aromatic N) is 3. The Balaban J connectivity index is 1.79. The van der Waals surface area contributed by atoms with Gasteiger partial charge in [-0.1, -0.05) is 30.7 Å². The first-order chi connectivity index (χ1) is 12.5. The van der Waals surface area contributed by atoms with Crippen molar-refractivity contribution in [1.29, 1.82) is 0 Å². The summed E-state index contributed by atoms with van der Waals surface area (Å²) in [5.41, 5.74) is 11.0. The van der Waals surface area contributed by atoms with Crippen molar-refractivity contribution in [2.24, 2.45) is 5.73 Å². The first-order valence-corrected chi connectivity index (χ1v) is 9.64. The molecule has 0 radical (unpaired) electrons. The number of aromatic nitrogens is 2. The highest BCUT2D eigenvalue weighted by Crippen LogP contribution is 2.30. The van der Waals surface area contributed by atoms with Gasteiger partial charge in [-0.3, -0.25) is 14.4 Å². The lowest BCUT2D eigenvalue weighted by atomic mass is 9.98. The summed E-state index contributed by atoms with van der Waals surface area (Å²) in [6, 6.07) is 9.35. The molecule has 26 heavy (non-hydrogen) atoms. The molecular weight excluding hydrogens is 324 g/mol. The number of carbonyl (C=O) groups excluding carboxylic acids is 1. The van der Waals surface area contributed by atoms with Gasteiger partial charge >= 0.3 is 0 Å². The lowest BCUT2D eigenvalue weighted by Crippen LogP contribution is -2.32. The Morgan fingerprint density at radius 1 is 1.15 bits per heavy atom. The van der Waals surface area contributed by atoms with E-state index in [0.29, 0.717) is 19.0 Å². The van der Waals surface area contributed by atoms with E-state index in [4.69, 9.17) is 5.73 Å². The second-order valence-electron chi connectivity index (χ2n) is 7.38. The Bertz CT molecular complexity index is 757. The van der Waals surface area contributed by atoms with E-state index in [9.17, 15) is 4.79 Å². The van der Waals surface area contributed by atoms with Crippen LogP contribution >= 0.6 is 0 Å². The lowest BCUT2D eigenvalue weighted by Gasteiger charge is -2.32. The van der Waals surface area contributed by atoms with Gasteiger partial charge in [-0.2, -0.15) is 5.10 Å². The zero-order valence-electron chi connectivity index (χ0n) is 16.2. The van der Waals surface area contributed by atoms with Crippen molar-refractivity contribution in [1.82, 2.24) is 14.7 Å². The molecule has 140 valence electrons. The molecule has 0 bridgehead atoms. The molecule has 1 aromatic heterocycles. The van der Waals surface area contributed by atoms with Crippen LogP contribution in [0.4, 0.5) is 0 Å². The number of primary amides is 1. The van der Waals surface area contributed by atoms with Crippen LogP contribution in [-0.4, -0.2) is 33.7 Å². The van der Waals surface area contributed by atoms with E-state index in [-0.39, 0.29) is 5.91 Å². The lowest BCUT2D eigenvalue weighted by molar-refractivity contribution is -0.118. The highest BCUT2D eigenvalue weighted by Gasteiger charge is 2.19. The number of piperidine rings is 1. The zero-order valence-corrected chi connectivity index (χ0v) is 16.2. The van der Waals surface area contributed by atoms with Crippen LogP contribution in [0.15, 0.2) is 24.3 Å². The van der Waals surface area contributed by atoms with Gasteiger partial charge in [0, 0.05) is 30.3 Å². The van der Waals surface area contributed by atoms with Gasteiger partial charge in [0.1, 0.15) is 0 Å². The number of benzene rings is 1. The number of aryl methyl sites for hydroxylation is 2. The van der Waals surface area contributed by atoms with Gasteiger partial charge in [-0.25, -0.2) is 0 Å². The maximum Gasteiger partial charge on any atom is 0.219 e. The largest absolute Gasteiger partial charge is 0.370 e. The average Bonchev–Trinajstić information content (AvgIpc) is 2.94. The van der Waals surface area contributed by atoms with Gasteiger partial charge in [0.05, 0.1) is 5.69 Å². The molecule has 3 rings (SSSR count). The molecule has 1 aliphatic heterocycles. The maximum atomic E-state index is 11.1. The van der Waals surface area contributed by atoms with E-state index < -0.39 is 0 Å². The molecule has 2 aromatic rings. The van der Waals surface area contributed by atoms with Crippen LogP contribution in [0.1, 0.15) is 55.6 Å². The summed E-state index contributed by atoms with van der Waals surface area (Å²) < 4.78 is 1.89. The number of likely N-dealkylation sites (tertiary alicyclic amines) is 1. The molecule has 1 aromatic carbocycles. The molecule has 5 heteroatoms. The van der Waals surface area contributed by atoms with Crippen LogP contribution in [-0.2, 0) is 11.3 Å². The maximum absolute atomic E-state index is 11.1. The minimum Gasteiger partial charge on any atom is -0.370 e. The first kappa shape index (κ1) is 18.6. The highest BCUT2D eigenvalue weighted by atomic mass is 16.1. The quantitative estimate of drug-likeness (QED) is 0.862. The monoisotopic (exact) mass is 354 g/mol. The SMILES string of the molecule is Cc1nn(CCC(N)=O)c(C)c1-c1ccc([C@H](C)N2CCCCC2)cc1. The molecule has 0 saturated carbocycles. The summed E-state index contributed by atoms with van der Waals surface area (Å²) in [5.74, 6) is -0.296. The third-order valence-electron chi connectivity index (χ3n) is 5.57. The van der Waals surface area contributed by atoms with Crippen LogP contribution in [0.3, 0.4) is 0 Å². The summed E-state index contributed by atoms with van der Waals surface area (Å²) in [7, 11) is 0. The summed E-state index contributed by atoms with van der Waals surface area (Å²) in [6.07, 6.45) is 4.30. The van der Waals surface area contributed by atoms with E-state index in [1.807, 2.05) is 11.6 Å². The van der Waals surface area contributed by atoms with Gasteiger partial charge < -0.3 is 5.73 Å². The first-order valence-electron chi connectivity index (χ1n) is 9.64. The summed E-state index contributed by atoms with van der Waals surface area (Å²) >= 11 is 0. The second-order valence-corrected chi connectivity index (χ2v) is 7.38. The molecule has 0 unspecified atom stereocenters. The van der Waals surface area contributed by atoms with Crippen LogP contribution in [0.2, 0.25) is 0 Å². The van der Waals surface area contributed by atoms with Gasteiger partial charge in [0.2, 0.25) is 5.91 Å². The third kappa shape index (κ3) is 3.98. The van der Waals surface area contributed by atoms with E-state index in [0.717, 1.165) is 17.0 Å². The van der Waals surface area contributed by atoms with Gasteiger partial charge in [-0.05, 0) is 57.8 Å². The predicted octanol–water partition coefficient (Wildman–Crippen LogP) is 3.59. The van der Waals surface area contributed by atoms with Crippen LogP contribution in [0.5, 0.6) is 0 Å². The van der Waals surface area contributed by atoms with Gasteiger partial charge in [0.25, 0.3) is 0 Å². The van der Waals surface area contributed by atoms with E-state index in [1.165, 1.54) is 43.5 Å². The molecule has 0 aliphatic carbocycles. The standard InChI is InChI=1S/C21H30N4O/c1-15-21(17(3)25(23-15)14-11-20(22)26)19-9-7-18(8-10-19)16(2)24-12-5-4-6-13-24/h7-10,16H,4-6,11-14H2,1-3H3,(H2,22,26)/t16-/m0/s1. The number of rotatable bonds is 6. The molecule has 1 aliphatic rings. The van der Waals surface area contributed by atoms with Crippen molar-refractivity contribution < 1.29 is 4.79 Å². The molecular formula is C21H30N4O. The smallest absolute Gasteiger partial charge is 0.219 e. The average molecular weight is 354 g/mol. The summed E-state index contributed by atoms with van der Waals surface area (Å²) in [6.45, 7) is 9.32. The molecule has 1 amide bonds. The van der Waals surface area contributed by atoms with Crippen molar-refractivity contribution in [3.05, 3.63) is 41.2 Å². The fourth-order valence-corrected chi connectivity index (χ4v) is 3.99. The number of carbonyl (C=O) groups is 1. The number of nitrogens with two attached hydrogens (primary N) is 1. The fraction of sp³-hybridized carbons (Fsp3) is 0.524. The van der Waals surface area contributed by atoms with E-state index in [2.05, 4.69) is 48.1 Å². The normalized spacial score (nSPS) is 16.6. The fourth-order valence-electron chi connectivity index (χ4n) is 3.99. The van der Waals surface area contributed by atoms with Gasteiger partial charge in [0.15, 0.2) is 0 Å². The Hall–Kier alpha value is -2.14. The molecule has 2 N–H and O–H groups in total. The highest BCUT2D eigenvalue weighted by molar-refractivity contribution is 5.73. The third-order valence-corrected chi connectivity index (χ3v) is 5.57. The molecule has 1 fully saturated rings. The van der Waals surface area contributed by atoms with Crippen molar-refractivity contribution in [3.63, 3.8) is 0 Å². The molecule has 1 atom stereocenters. The molecule has 1 saturated heterocycles. The van der Waals surface area contributed by atoms with E-state index >= 15 is 0 Å². The van der Waals surface area contributed by atoms with Gasteiger partial charge in [-0.15, -0.1) is 0 Å². The molecule has 0 spiro atoms.